The number of aryl methyl sites for hydroxylation is 1. The summed E-state index contributed by atoms with van der Waals surface area (Å²) in [6.45, 7) is 1.98. The van der Waals surface area contributed by atoms with Crippen LogP contribution in [0.2, 0.25) is 5.15 Å². The van der Waals surface area contributed by atoms with E-state index in [1.165, 1.54) is 6.07 Å². The number of para-hydroxylation sites is 1. The Kier molecular flexibility index (Phi) is 6.48. The van der Waals surface area contributed by atoms with Crippen LogP contribution in [0.3, 0.4) is 0 Å². The Labute approximate surface area is 166 Å². The highest BCUT2D eigenvalue weighted by Gasteiger charge is 2.28. The summed E-state index contributed by atoms with van der Waals surface area (Å²) in [5, 5.41) is 8.83. The van der Waals surface area contributed by atoms with E-state index in [0.717, 1.165) is 47.9 Å². The van der Waals surface area contributed by atoms with Crippen LogP contribution in [0.4, 0.5) is 0 Å². The molecule has 0 saturated heterocycles. The smallest absolute Gasteiger partial charge is 0.311 e. The zero-order chi connectivity index (χ0) is 18.5. The zero-order valence-electron chi connectivity index (χ0n) is 14.5. The van der Waals surface area contributed by atoms with Gasteiger partial charge in [-0.25, -0.2) is 0 Å². The van der Waals surface area contributed by atoms with Crippen molar-refractivity contribution in [2.45, 2.75) is 44.9 Å². The number of alkyl halides is 1. The van der Waals surface area contributed by atoms with Crippen LogP contribution in [0.1, 0.15) is 49.1 Å². The molecule has 0 spiro atoms. The lowest BCUT2D eigenvalue weighted by molar-refractivity contribution is -0.134. The molecule has 7 heteroatoms. The molecule has 0 atom stereocenters. The third kappa shape index (κ3) is 4.95. The van der Waals surface area contributed by atoms with Gasteiger partial charge < -0.3 is 9.47 Å². The summed E-state index contributed by atoms with van der Waals surface area (Å²) in [6.07, 6.45) is 4.28. The molecule has 5 nitrogen and oxygen atoms in total. The largest absolute Gasteiger partial charge is 0.434 e. The quantitative estimate of drug-likeness (QED) is 0.305. The minimum absolute atomic E-state index is 0.146. The van der Waals surface area contributed by atoms with Crippen LogP contribution in [0.15, 0.2) is 24.3 Å². The topological polar surface area (TPSA) is 61.3 Å². The van der Waals surface area contributed by atoms with Gasteiger partial charge in [0.1, 0.15) is 5.75 Å². The van der Waals surface area contributed by atoms with Crippen LogP contribution in [0.5, 0.6) is 17.4 Å². The van der Waals surface area contributed by atoms with E-state index in [9.17, 15) is 4.79 Å². The number of aromatic nitrogens is 2. The Balaban J connectivity index is 1.81. The predicted octanol–water partition coefficient (Wildman–Crippen LogP) is 5.58. The minimum Gasteiger partial charge on any atom is -0.434 e. The molecule has 26 heavy (non-hydrogen) atoms. The molecule has 1 heterocycles. The number of esters is 1. The molecule has 3 rings (SSSR count). The SMILES string of the molecule is Cc1cccc(C2CC2)c1Oc1nnc(Cl)cc1OC(=O)CCCCBr. The molecule has 2 aromatic rings. The van der Waals surface area contributed by atoms with Crippen molar-refractivity contribution in [3.8, 4) is 17.4 Å². The molecule has 0 bridgehead atoms. The lowest BCUT2D eigenvalue weighted by atomic mass is 10.1. The first-order chi connectivity index (χ1) is 12.6. The second-order valence-corrected chi connectivity index (χ2v) is 7.51. The second-order valence-electron chi connectivity index (χ2n) is 6.33. The van der Waals surface area contributed by atoms with Gasteiger partial charge in [-0.1, -0.05) is 45.7 Å². The summed E-state index contributed by atoms with van der Waals surface area (Å²) < 4.78 is 11.5. The van der Waals surface area contributed by atoms with Crippen LogP contribution >= 0.6 is 27.5 Å². The van der Waals surface area contributed by atoms with Gasteiger partial charge in [-0.15, -0.1) is 10.2 Å². The summed E-state index contributed by atoms with van der Waals surface area (Å²) in [4.78, 5) is 12.1. The fraction of sp³-hybridized carbons (Fsp3) is 0.421. The maximum absolute atomic E-state index is 12.1. The van der Waals surface area contributed by atoms with Crippen LogP contribution in [0, 0.1) is 6.92 Å². The Morgan fingerprint density at radius 2 is 2.12 bits per heavy atom. The average molecular weight is 440 g/mol. The third-order valence-electron chi connectivity index (χ3n) is 4.14. The molecule has 0 amide bonds. The van der Waals surface area contributed by atoms with Crippen molar-refractivity contribution in [1.82, 2.24) is 10.2 Å². The maximum atomic E-state index is 12.1. The van der Waals surface area contributed by atoms with Crippen molar-refractivity contribution in [2.75, 3.05) is 5.33 Å². The summed E-state index contributed by atoms with van der Waals surface area (Å²) in [6, 6.07) is 7.53. The van der Waals surface area contributed by atoms with Gasteiger partial charge in [0.15, 0.2) is 10.9 Å². The molecule has 0 unspecified atom stereocenters. The van der Waals surface area contributed by atoms with Gasteiger partial charge in [0.05, 0.1) is 0 Å². The first-order valence-electron chi connectivity index (χ1n) is 8.65. The van der Waals surface area contributed by atoms with E-state index in [4.69, 9.17) is 21.1 Å². The summed E-state index contributed by atoms with van der Waals surface area (Å²) >= 11 is 9.27. The molecule has 1 aliphatic rings. The Bertz CT molecular complexity index is 796. The number of carbonyl (C=O) groups excluding carboxylic acids is 1. The van der Waals surface area contributed by atoms with Crippen LogP contribution in [0.25, 0.3) is 0 Å². The molecule has 138 valence electrons. The highest BCUT2D eigenvalue weighted by atomic mass is 79.9. The number of rotatable bonds is 8. The third-order valence-corrected chi connectivity index (χ3v) is 4.89. The molecule has 0 N–H and O–H groups in total. The lowest BCUT2D eigenvalue weighted by Gasteiger charge is -2.14. The molecular formula is C19H20BrClN2O3. The Morgan fingerprint density at radius 1 is 1.31 bits per heavy atom. The van der Waals surface area contributed by atoms with Crippen molar-refractivity contribution >= 4 is 33.5 Å². The number of nitrogens with zero attached hydrogens (tertiary/aromatic N) is 2. The average Bonchev–Trinajstić information content (AvgIpc) is 3.44. The minimum atomic E-state index is -0.341. The first-order valence-corrected chi connectivity index (χ1v) is 10.2. The zero-order valence-corrected chi connectivity index (χ0v) is 16.8. The number of benzene rings is 1. The maximum Gasteiger partial charge on any atom is 0.311 e. The van der Waals surface area contributed by atoms with E-state index in [-0.39, 0.29) is 22.8 Å². The number of halogens is 2. The molecule has 1 aromatic carbocycles. The van der Waals surface area contributed by atoms with E-state index in [1.54, 1.807) is 0 Å². The molecule has 1 aliphatic carbocycles. The summed E-state index contributed by atoms with van der Waals surface area (Å²) in [5.41, 5.74) is 2.15. The molecule has 0 aliphatic heterocycles. The van der Waals surface area contributed by atoms with Crippen molar-refractivity contribution in [3.63, 3.8) is 0 Å². The van der Waals surface area contributed by atoms with Gasteiger partial charge in [0.25, 0.3) is 5.88 Å². The van der Waals surface area contributed by atoms with Gasteiger partial charge in [-0.3, -0.25) is 4.79 Å². The number of ether oxygens (including phenoxy) is 2. The van der Waals surface area contributed by atoms with Gasteiger partial charge in [0.2, 0.25) is 0 Å². The fourth-order valence-corrected chi connectivity index (χ4v) is 3.18. The highest BCUT2D eigenvalue weighted by Crippen LogP contribution is 2.46. The molecular weight excluding hydrogens is 420 g/mol. The summed E-state index contributed by atoms with van der Waals surface area (Å²) in [7, 11) is 0. The molecule has 0 radical (unpaired) electrons. The standard InChI is InChI=1S/C19H20BrClN2O3/c1-12-5-4-6-14(13-8-9-13)18(12)26-19-15(11-16(21)22-23-19)25-17(24)7-2-3-10-20/h4-6,11,13H,2-3,7-10H2,1H3. The van der Waals surface area contributed by atoms with Crippen LogP contribution in [-0.2, 0) is 4.79 Å². The lowest BCUT2D eigenvalue weighted by Crippen LogP contribution is -2.09. The number of hydrogen-bond acceptors (Lipinski definition) is 5. The van der Waals surface area contributed by atoms with E-state index < -0.39 is 0 Å². The number of hydrogen-bond donors (Lipinski definition) is 0. The van der Waals surface area contributed by atoms with E-state index in [0.29, 0.717) is 12.3 Å². The molecule has 1 fully saturated rings. The van der Waals surface area contributed by atoms with Crippen molar-refractivity contribution in [2.24, 2.45) is 0 Å². The van der Waals surface area contributed by atoms with E-state index >= 15 is 0 Å². The highest BCUT2D eigenvalue weighted by molar-refractivity contribution is 9.09. The fourth-order valence-electron chi connectivity index (χ4n) is 2.65. The van der Waals surface area contributed by atoms with E-state index in [2.05, 4.69) is 32.2 Å². The Hall–Kier alpha value is -1.66. The van der Waals surface area contributed by atoms with Crippen LogP contribution in [-0.4, -0.2) is 21.5 Å². The first kappa shape index (κ1) is 19.1. The monoisotopic (exact) mass is 438 g/mol. The van der Waals surface area contributed by atoms with Gasteiger partial charge in [-0.2, -0.15) is 0 Å². The van der Waals surface area contributed by atoms with Gasteiger partial charge in [-0.05, 0) is 49.7 Å². The van der Waals surface area contributed by atoms with E-state index in [1.807, 2.05) is 19.1 Å². The molecule has 1 saturated carbocycles. The number of unbranched alkanes of at least 4 members (excludes halogenated alkanes) is 1. The Morgan fingerprint density at radius 3 is 2.85 bits per heavy atom. The number of carbonyl (C=O) groups is 1. The van der Waals surface area contributed by atoms with Gasteiger partial charge in [0, 0.05) is 17.8 Å². The predicted molar refractivity (Wildman–Crippen MR) is 104 cm³/mol. The summed E-state index contributed by atoms with van der Waals surface area (Å²) in [5.74, 6) is 1.27. The van der Waals surface area contributed by atoms with Crippen molar-refractivity contribution in [3.05, 3.63) is 40.5 Å². The molecule has 1 aromatic heterocycles. The van der Waals surface area contributed by atoms with Gasteiger partial charge >= 0.3 is 5.97 Å². The second kappa shape index (κ2) is 8.82. The van der Waals surface area contributed by atoms with Crippen molar-refractivity contribution < 1.29 is 14.3 Å². The normalized spacial score (nSPS) is 13.5. The van der Waals surface area contributed by atoms with Crippen LogP contribution < -0.4 is 9.47 Å². The van der Waals surface area contributed by atoms with Crippen molar-refractivity contribution in [1.29, 1.82) is 0 Å².